The Morgan fingerprint density at radius 3 is 2.10 bits per heavy atom. The average molecular weight is 339 g/mol. The monoisotopic (exact) mass is 338 g/mol. The fraction of sp³-hybridized carbons (Fsp3) is 0.0667. The van der Waals surface area contributed by atoms with Crippen LogP contribution in [0.5, 0.6) is 0 Å². The van der Waals surface area contributed by atoms with E-state index in [0.29, 0.717) is 20.7 Å². The predicted octanol–water partition coefficient (Wildman–Crippen LogP) is 5.00. The third kappa shape index (κ3) is 4.43. The van der Waals surface area contributed by atoms with Crippen molar-refractivity contribution in [1.82, 2.24) is 0 Å². The van der Waals surface area contributed by atoms with Crippen molar-refractivity contribution in [1.29, 1.82) is 0 Å². The molecule has 0 aromatic heterocycles. The molecule has 0 radical (unpaired) electrons. The van der Waals surface area contributed by atoms with Crippen molar-refractivity contribution < 1.29 is 4.79 Å². The molecule has 0 bridgehead atoms. The SMILES string of the molecule is CC(=O)c1ccc(NC(=S)Nc2ccc(Cl)c(Cl)c2)cc1. The summed E-state index contributed by atoms with van der Waals surface area (Å²) >= 11 is 17.0. The molecular weight excluding hydrogens is 327 g/mol. The molecule has 0 amide bonds. The van der Waals surface area contributed by atoms with Crippen LogP contribution < -0.4 is 10.6 Å². The first-order valence-electron chi connectivity index (χ1n) is 6.10. The quantitative estimate of drug-likeness (QED) is 0.610. The summed E-state index contributed by atoms with van der Waals surface area (Å²) < 4.78 is 0. The molecule has 3 nitrogen and oxygen atoms in total. The first-order chi connectivity index (χ1) is 9.95. The van der Waals surface area contributed by atoms with E-state index >= 15 is 0 Å². The van der Waals surface area contributed by atoms with Crippen LogP contribution in [0.1, 0.15) is 17.3 Å². The number of rotatable bonds is 3. The predicted molar refractivity (Wildman–Crippen MR) is 92.8 cm³/mol. The van der Waals surface area contributed by atoms with E-state index in [9.17, 15) is 4.79 Å². The van der Waals surface area contributed by atoms with Gasteiger partial charge < -0.3 is 10.6 Å². The van der Waals surface area contributed by atoms with Gasteiger partial charge in [-0.2, -0.15) is 0 Å². The Morgan fingerprint density at radius 2 is 1.52 bits per heavy atom. The van der Waals surface area contributed by atoms with Crippen LogP contribution in [0.25, 0.3) is 0 Å². The minimum absolute atomic E-state index is 0.0260. The van der Waals surface area contributed by atoms with E-state index in [4.69, 9.17) is 35.4 Å². The molecule has 0 aliphatic carbocycles. The van der Waals surface area contributed by atoms with E-state index in [-0.39, 0.29) is 5.78 Å². The number of hydrogen-bond acceptors (Lipinski definition) is 2. The molecule has 0 unspecified atom stereocenters. The van der Waals surface area contributed by atoms with Crippen molar-refractivity contribution in [2.45, 2.75) is 6.92 Å². The number of halogens is 2. The Hall–Kier alpha value is -1.62. The van der Waals surface area contributed by atoms with Crippen LogP contribution >= 0.6 is 35.4 Å². The molecule has 2 aromatic carbocycles. The summed E-state index contributed by atoms with van der Waals surface area (Å²) in [5.41, 5.74) is 2.18. The van der Waals surface area contributed by atoms with Crippen molar-refractivity contribution in [2.75, 3.05) is 10.6 Å². The van der Waals surface area contributed by atoms with E-state index < -0.39 is 0 Å². The molecule has 21 heavy (non-hydrogen) atoms. The standard InChI is InChI=1S/C15H12Cl2N2OS/c1-9(20)10-2-4-11(5-3-10)18-15(21)19-12-6-7-13(16)14(17)8-12/h2-8H,1H3,(H2,18,19,21). The van der Waals surface area contributed by atoms with Crippen molar-refractivity contribution in [2.24, 2.45) is 0 Å². The highest BCUT2D eigenvalue weighted by molar-refractivity contribution is 7.80. The number of benzene rings is 2. The Kier molecular flexibility index (Phi) is 5.17. The molecule has 2 rings (SSSR count). The number of anilines is 2. The minimum atomic E-state index is 0.0260. The highest BCUT2D eigenvalue weighted by atomic mass is 35.5. The molecule has 108 valence electrons. The maximum atomic E-state index is 11.2. The van der Waals surface area contributed by atoms with Crippen LogP contribution in [0.4, 0.5) is 11.4 Å². The molecule has 0 saturated carbocycles. The number of ketones is 1. The summed E-state index contributed by atoms with van der Waals surface area (Å²) in [5.74, 6) is 0.0260. The van der Waals surface area contributed by atoms with Crippen molar-refractivity contribution >= 4 is 57.7 Å². The summed E-state index contributed by atoms with van der Waals surface area (Å²) in [5, 5.41) is 7.39. The van der Waals surface area contributed by atoms with Gasteiger partial charge in [0, 0.05) is 16.9 Å². The summed E-state index contributed by atoms with van der Waals surface area (Å²) in [6, 6.07) is 12.2. The Morgan fingerprint density at radius 1 is 0.952 bits per heavy atom. The van der Waals surface area contributed by atoms with Crippen molar-refractivity contribution in [3.05, 3.63) is 58.1 Å². The number of carbonyl (C=O) groups excluding carboxylic acids is 1. The largest absolute Gasteiger partial charge is 0.332 e. The Labute approximate surface area is 138 Å². The second-order valence-electron chi connectivity index (χ2n) is 4.34. The van der Waals surface area contributed by atoms with E-state index in [1.54, 1.807) is 42.5 Å². The molecule has 6 heteroatoms. The van der Waals surface area contributed by atoms with Crippen LogP contribution in [0.3, 0.4) is 0 Å². The smallest absolute Gasteiger partial charge is 0.175 e. The van der Waals surface area contributed by atoms with E-state index in [0.717, 1.165) is 11.4 Å². The number of nitrogens with one attached hydrogen (secondary N) is 2. The number of thiocarbonyl (C=S) groups is 1. The lowest BCUT2D eigenvalue weighted by atomic mass is 10.1. The zero-order valence-electron chi connectivity index (χ0n) is 11.1. The number of carbonyl (C=O) groups is 1. The van der Waals surface area contributed by atoms with Gasteiger partial charge in [-0.1, -0.05) is 23.2 Å². The Balaban J connectivity index is 2.01. The van der Waals surface area contributed by atoms with Crippen LogP contribution in [0.2, 0.25) is 10.0 Å². The van der Waals surface area contributed by atoms with Gasteiger partial charge in [-0.25, -0.2) is 0 Å². The summed E-state index contributed by atoms with van der Waals surface area (Å²) in [7, 11) is 0. The lowest BCUT2D eigenvalue weighted by Crippen LogP contribution is -2.19. The van der Waals surface area contributed by atoms with Gasteiger partial charge in [-0.15, -0.1) is 0 Å². The molecule has 0 fully saturated rings. The second-order valence-corrected chi connectivity index (χ2v) is 5.56. The molecular formula is C15H12Cl2N2OS. The van der Waals surface area contributed by atoms with Crippen LogP contribution in [0, 0.1) is 0 Å². The van der Waals surface area contributed by atoms with Gasteiger partial charge in [-0.05, 0) is 61.6 Å². The van der Waals surface area contributed by atoms with Gasteiger partial charge in [0.15, 0.2) is 10.9 Å². The van der Waals surface area contributed by atoms with E-state index in [2.05, 4.69) is 10.6 Å². The maximum absolute atomic E-state index is 11.2. The lowest BCUT2D eigenvalue weighted by Gasteiger charge is -2.11. The number of hydrogen-bond donors (Lipinski definition) is 2. The molecule has 0 heterocycles. The molecule has 0 spiro atoms. The van der Waals surface area contributed by atoms with E-state index in [1.807, 2.05) is 0 Å². The lowest BCUT2D eigenvalue weighted by molar-refractivity contribution is 0.101. The summed E-state index contributed by atoms with van der Waals surface area (Å²) in [6.07, 6.45) is 0. The zero-order valence-corrected chi connectivity index (χ0v) is 13.4. The van der Waals surface area contributed by atoms with Crippen molar-refractivity contribution in [3.63, 3.8) is 0 Å². The first kappa shape index (κ1) is 15.8. The third-order valence-electron chi connectivity index (χ3n) is 2.73. The van der Waals surface area contributed by atoms with Crippen LogP contribution in [0.15, 0.2) is 42.5 Å². The third-order valence-corrected chi connectivity index (χ3v) is 3.67. The second kappa shape index (κ2) is 6.89. The van der Waals surface area contributed by atoms with Crippen LogP contribution in [-0.4, -0.2) is 10.9 Å². The normalized spacial score (nSPS) is 10.0. The van der Waals surface area contributed by atoms with Crippen LogP contribution in [-0.2, 0) is 0 Å². The van der Waals surface area contributed by atoms with Gasteiger partial charge >= 0.3 is 0 Å². The average Bonchev–Trinajstić information content (AvgIpc) is 2.43. The fourth-order valence-corrected chi connectivity index (χ4v) is 2.19. The number of Topliss-reactive ketones (excluding diaryl/α,β-unsaturated/α-hetero) is 1. The summed E-state index contributed by atoms with van der Waals surface area (Å²) in [4.78, 5) is 11.2. The van der Waals surface area contributed by atoms with Gasteiger partial charge in [0.25, 0.3) is 0 Å². The molecule has 0 aliphatic heterocycles. The van der Waals surface area contributed by atoms with Gasteiger partial charge in [0.05, 0.1) is 10.0 Å². The topological polar surface area (TPSA) is 41.1 Å². The van der Waals surface area contributed by atoms with Gasteiger partial charge in [-0.3, -0.25) is 4.79 Å². The van der Waals surface area contributed by atoms with Crippen molar-refractivity contribution in [3.8, 4) is 0 Å². The molecule has 0 aliphatic rings. The van der Waals surface area contributed by atoms with Gasteiger partial charge in [0.1, 0.15) is 0 Å². The molecule has 0 atom stereocenters. The highest BCUT2D eigenvalue weighted by Gasteiger charge is 2.03. The van der Waals surface area contributed by atoms with Gasteiger partial charge in [0.2, 0.25) is 0 Å². The molecule has 2 aromatic rings. The molecule has 0 saturated heterocycles. The molecule has 2 N–H and O–H groups in total. The zero-order chi connectivity index (χ0) is 15.4. The maximum Gasteiger partial charge on any atom is 0.175 e. The summed E-state index contributed by atoms with van der Waals surface area (Å²) in [6.45, 7) is 1.53. The first-order valence-corrected chi connectivity index (χ1v) is 7.26. The minimum Gasteiger partial charge on any atom is -0.332 e. The van der Waals surface area contributed by atoms with E-state index in [1.165, 1.54) is 6.92 Å². The highest BCUT2D eigenvalue weighted by Crippen LogP contribution is 2.25. The Bertz CT molecular complexity index is 687. The fourth-order valence-electron chi connectivity index (χ4n) is 1.66.